The lowest BCUT2D eigenvalue weighted by Crippen LogP contribution is -2.27. The number of aromatic nitrogens is 2. The Bertz CT molecular complexity index is 711. The highest BCUT2D eigenvalue weighted by molar-refractivity contribution is 6.30. The Morgan fingerprint density at radius 1 is 1.43 bits per heavy atom. The molecule has 1 atom stereocenters. The van der Waals surface area contributed by atoms with E-state index >= 15 is 0 Å². The molecule has 5 nitrogen and oxygen atoms in total. The molecule has 0 bridgehead atoms. The maximum atomic E-state index is 11.8. The molecule has 23 heavy (non-hydrogen) atoms. The number of amides is 1. The zero-order valence-electron chi connectivity index (χ0n) is 12.7. The number of nitrogens with zero attached hydrogens (tertiary/aromatic N) is 2. The van der Waals surface area contributed by atoms with Crippen molar-refractivity contribution in [2.45, 2.75) is 25.7 Å². The summed E-state index contributed by atoms with van der Waals surface area (Å²) in [6.07, 6.45) is 7.46. The monoisotopic (exact) mass is 331 g/mol. The number of allylic oxidation sites excluding steroid dienone is 2. The van der Waals surface area contributed by atoms with E-state index in [0.29, 0.717) is 42.0 Å². The molecule has 0 saturated carbocycles. The van der Waals surface area contributed by atoms with Crippen LogP contribution in [0.3, 0.4) is 0 Å². The quantitative estimate of drug-likeness (QED) is 0.824. The minimum atomic E-state index is 0.0659. The van der Waals surface area contributed by atoms with Crippen LogP contribution in [0.2, 0.25) is 5.02 Å². The van der Waals surface area contributed by atoms with Crippen LogP contribution in [0, 0.1) is 5.92 Å². The molecule has 120 valence electrons. The lowest BCUT2D eigenvalue weighted by molar-refractivity contribution is -0.121. The van der Waals surface area contributed by atoms with Gasteiger partial charge in [-0.25, -0.2) is 0 Å². The van der Waals surface area contributed by atoms with E-state index in [9.17, 15) is 4.79 Å². The minimum absolute atomic E-state index is 0.0659. The van der Waals surface area contributed by atoms with Crippen LogP contribution in [0.1, 0.15) is 25.2 Å². The van der Waals surface area contributed by atoms with Crippen LogP contribution in [0.15, 0.2) is 40.9 Å². The molecule has 3 rings (SSSR count). The summed E-state index contributed by atoms with van der Waals surface area (Å²) < 4.78 is 5.21. The van der Waals surface area contributed by atoms with Crippen molar-refractivity contribution in [2.75, 3.05) is 6.54 Å². The number of rotatable bonds is 6. The predicted octanol–water partition coefficient (Wildman–Crippen LogP) is 3.41. The van der Waals surface area contributed by atoms with E-state index in [-0.39, 0.29) is 5.91 Å². The summed E-state index contributed by atoms with van der Waals surface area (Å²) in [6, 6.07) is 7.29. The molecule has 0 radical (unpaired) electrons. The van der Waals surface area contributed by atoms with E-state index in [1.165, 1.54) is 0 Å². The Labute approximate surface area is 139 Å². The van der Waals surface area contributed by atoms with E-state index < -0.39 is 0 Å². The molecule has 0 fully saturated rings. The maximum absolute atomic E-state index is 11.8. The smallest absolute Gasteiger partial charge is 0.228 e. The fraction of sp³-hybridized carbons (Fsp3) is 0.353. The molecule has 6 heteroatoms. The third kappa shape index (κ3) is 4.42. The van der Waals surface area contributed by atoms with Gasteiger partial charge in [-0.15, -0.1) is 0 Å². The fourth-order valence-electron chi connectivity index (χ4n) is 2.59. The van der Waals surface area contributed by atoms with Crippen LogP contribution in [-0.2, 0) is 11.2 Å². The molecule has 1 aliphatic rings. The number of carbonyl (C=O) groups excluding carboxylic acids is 1. The average molecular weight is 332 g/mol. The second-order valence-electron chi connectivity index (χ2n) is 5.59. The number of hydrogen-bond donors (Lipinski definition) is 1. The van der Waals surface area contributed by atoms with Crippen molar-refractivity contribution in [1.82, 2.24) is 15.5 Å². The van der Waals surface area contributed by atoms with E-state index in [0.717, 1.165) is 18.4 Å². The molecule has 1 N–H and O–H groups in total. The Hall–Kier alpha value is -2.14. The molecule has 1 amide bonds. The highest BCUT2D eigenvalue weighted by Gasteiger charge is 2.14. The van der Waals surface area contributed by atoms with Gasteiger partial charge in [0, 0.05) is 30.0 Å². The normalized spacial score (nSPS) is 16.7. The van der Waals surface area contributed by atoms with Gasteiger partial charge in [0.25, 0.3) is 0 Å². The van der Waals surface area contributed by atoms with E-state index in [1.54, 1.807) is 12.1 Å². The second-order valence-corrected chi connectivity index (χ2v) is 6.03. The molecule has 1 unspecified atom stereocenters. The summed E-state index contributed by atoms with van der Waals surface area (Å²) in [5, 5.41) is 7.46. The summed E-state index contributed by atoms with van der Waals surface area (Å²) in [4.78, 5) is 16.1. The molecular weight excluding hydrogens is 314 g/mol. The number of benzene rings is 1. The molecule has 0 saturated heterocycles. The van der Waals surface area contributed by atoms with Crippen molar-refractivity contribution in [3.63, 3.8) is 0 Å². The van der Waals surface area contributed by atoms with Gasteiger partial charge >= 0.3 is 0 Å². The number of nitrogens with one attached hydrogen (secondary N) is 1. The van der Waals surface area contributed by atoms with E-state index in [1.807, 2.05) is 12.1 Å². The summed E-state index contributed by atoms with van der Waals surface area (Å²) in [7, 11) is 0. The first-order valence-corrected chi connectivity index (χ1v) is 8.10. The first-order valence-electron chi connectivity index (χ1n) is 7.72. The van der Waals surface area contributed by atoms with Crippen LogP contribution >= 0.6 is 11.6 Å². The maximum Gasteiger partial charge on any atom is 0.228 e. The first-order chi connectivity index (χ1) is 11.2. The SMILES string of the molecule is O=C(CC1C=CCC1)NCCc1nc(-c2cccc(Cl)c2)no1. The molecule has 0 spiro atoms. The van der Waals surface area contributed by atoms with Gasteiger partial charge < -0.3 is 9.84 Å². The Morgan fingerprint density at radius 3 is 3.13 bits per heavy atom. The van der Waals surface area contributed by atoms with Crippen molar-refractivity contribution < 1.29 is 9.32 Å². The molecule has 1 aromatic heterocycles. The average Bonchev–Trinajstić information content (AvgIpc) is 3.19. The zero-order chi connectivity index (χ0) is 16.1. The van der Waals surface area contributed by atoms with Crippen LogP contribution in [0.4, 0.5) is 0 Å². The summed E-state index contributed by atoms with van der Waals surface area (Å²) >= 11 is 5.95. The number of carbonyl (C=O) groups is 1. The molecule has 0 aliphatic heterocycles. The Balaban J connectivity index is 1.47. The molecule has 1 heterocycles. The second kappa shape index (κ2) is 7.42. The lowest BCUT2D eigenvalue weighted by atomic mass is 10.1. The Kier molecular flexibility index (Phi) is 5.08. The standard InChI is InChI=1S/C17H18ClN3O2/c18-14-7-3-6-13(11-14)17-20-16(23-21-17)8-9-19-15(22)10-12-4-1-2-5-12/h1,3-4,6-7,11-12H,2,5,8-10H2,(H,19,22). The molecule has 1 aliphatic carbocycles. The van der Waals surface area contributed by atoms with E-state index in [2.05, 4.69) is 27.6 Å². The molecule has 2 aromatic rings. The predicted molar refractivity (Wildman–Crippen MR) is 87.9 cm³/mol. The van der Waals surface area contributed by atoms with Gasteiger partial charge in [0.05, 0.1) is 0 Å². The van der Waals surface area contributed by atoms with Gasteiger partial charge in [-0.1, -0.05) is 41.0 Å². The molecular formula is C17H18ClN3O2. The highest BCUT2D eigenvalue weighted by atomic mass is 35.5. The van der Waals surface area contributed by atoms with Crippen molar-refractivity contribution in [3.05, 3.63) is 47.3 Å². The van der Waals surface area contributed by atoms with Crippen LogP contribution < -0.4 is 5.32 Å². The van der Waals surface area contributed by atoms with Crippen molar-refractivity contribution in [2.24, 2.45) is 5.92 Å². The number of halogens is 1. The third-order valence-electron chi connectivity index (χ3n) is 3.77. The van der Waals surface area contributed by atoms with Gasteiger partial charge in [-0.3, -0.25) is 4.79 Å². The molecule has 1 aromatic carbocycles. The topological polar surface area (TPSA) is 68.0 Å². The van der Waals surface area contributed by atoms with Crippen molar-refractivity contribution >= 4 is 17.5 Å². The highest BCUT2D eigenvalue weighted by Crippen LogP contribution is 2.21. The number of hydrogen-bond acceptors (Lipinski definition) is 4. The van der Waals surface area contributed by atoms with Gasteiger partial charge in [0.1, 0.15) is 0 Å². The zero-order valence-corrected chi connectivity index (χ0v) is 13.4. The van der Waals surface area contributed by atoms with Gasteiger partial charge in [-0.2, -0.15) is 4.98 Å². The van der Waals surface area contributed by atoms with Crippen molar-refractivity contribution in [3.8, 4) is 11.4 Å². The largest absolute Gasteiger partial charge is 0.356 e. The Morgan fingerprint density at radius 2 is 2.35 bits per heavy atom. The van der Waals surface area contributed by atoms with Crippen molar-refractivity contribution in [1.29, 1.82) is 0 Å². The van der Waals surface area contributed by atoms with Crippen LogP contribution in [0.5, 0.6) is 0 Å². The van der Waals surface area contributed by atoms with Crippen LogP contribution in [-0.4, -0.2) is 22.6 Å². The summed E-state index contributed by atoms with van der Waals surface area (Å²) in [6.45, 7) is 0.493. The summed E-state index contributed by atoms with van der Waals surface area (Å²) in [5.41, 5.74) is 0.810. The van der Waals surface area contributed by atoms with Gasteiger partial charge in [-0.05, 0) is 30.9 Å². The summed E-state index contributed by atoms with van der Waals surface area (Å²) in [5.74, 6) is 1.45. The fourth-order valence-corrected chi connectivity index (χ4v) is 2.78. The minimum Gasteiger partial charge on any atom is -0.356 e. The van der Waals surface area contributed by atoms with Crippen LogP contribution in [0.25, 0.3) is 11.4 Å². The third-order valence-corrected chi connectivity index (χ3v) is 4.01. The van der Waals surface area contributed by atoms with Gasteiger partial charge in [0.2, 0.25) is 17.6 Å². The van der Waals surface area contributed by atoms with E-state index in [4.69, 9.17) is 16.1 Å². The first kappa shape index (κ1) is 15.7. The lowest BCUT2D eigenvalue weighted by Gasteiger charge is -2.07. The van der Waals surface area contributed by atoms with Gasteiger partial charge in [0.15, 0.2) is 0 Å².